The summed E-state index contributed by atoms with van der Waals surface area (Å²) in [5.41, 5.74) is 5.06. The lowest BCUT2D eigenvalue weighted by Crippen LogP contribution is -2.20. The molecule has 0 atom stereocenters. The summed E-state index contributed by atoms with van der Waals surface area (Å²) in [4.78, 5) is 16.3. The Hall–Kier alpha value is -2.73. The fourth-order valence-corrected chi connectivity index (χ4v) is 2.67. The zero-order chi connectivity index (χ0) is 21.1. The number of hydrogen-bond acceptors (Lipinski definition) is 5. The third-order valence-corrected chi connectivity index (χ3v) is 4.38. The average Bonchev–Trinajstić information content (AvgIpc) is 2.61. The van der Waals surface area contributed by atoms with Crippen LogP contribution in [0.4, 0.5) is 0 Å². The topological polar surface area (TPSA) is 94.8 Å². The third-order valence-electron chi connectivity index (χ3n) is 4.38. The van der Waals surface area contributed by atoms with Crippen molar-refractivity contribution in [3.63, 3.8) is 0 Å². The minimum absolute atomic E-state index is 0.103. The number of carbonyl (C=O) groups is 1. The number of phenols is 1. The molecule has 1 aromatic heterocycles. The summed E-state index contributed by atoms with van der Waals surface area (Å²) in [6, 6.07) is 8.72. The van der Waals surface area contributed by atoms with E-state index in [2.05, 4.69) is 36.3 Å². The van der Waals surface area contributed by atoms with Crippen molar-refractivity contribution in [2.45, 2.75) is 59.0 Å². The predicted molar refractivity (Wildman–Crippen MR) is 111 cm³/mol. The van der Waals surface area contributed by atoms with Crippen molar-refractivity contribution in [2.24, 2.45) is 5.10 Å². The Morgan fingerprint density at radius 2 is 1.82 bits per heavy atom. The summed E-state index contributed by atoms with van der Waals surface area (Å²) in [5.74, 6) is -0.340. The van der Waals surface area contributed by atoms with Gasteiger partial charge in [0.1, 0.15) is 11.4 Å². The first-order valence-corrected chi connectivity index (χ1v) is 9.21. The molecule has 1 aromatic carbocycles. The highest BCUT2D eigenvalue weighted by atomic mass is 16.3. The largest absolute Gasteiger partial charge is 0.507 e. The highest BCUT2D eigenvalue weighted by Crippen LogP contribution is 2.37. The molecule has 0 saturated heterocycles. The Morgan fingerprint density at radius 3 is 2.39 bits per heavy atom. The average molecular weight is 383 g/mol. The second-order valence-corrected chi connectivity index (χ2v) is 8.83. The molecule has 3 N–H and O–H groups in total. The molecule has 0 fully saturated rings. The fourth-order valence-electron chi connectivity index (χ4n) is 2.67. The van der Waals surface area contributed by atoms with Crippen LogP contribution in [0.1, 0.15) is 74.4 Å². The van der Waals surface area contributed by atoms with Crippen LogP contribution in [0.25, 0.3) is 0 Å². The summed E-state index contributed by atoms with van der Waals surface area (Å²) < 4.78 is 0. The molecule has 6 heteroatoms. The summed E-state index contributed by atoms with van der Waals surface area (Å²) in [5, 5.41) is 23.8. The number of hydrogen-bond donors (Lipinski definition) is 3. The molecule has 0 saturated carbocycles. The van der Waals surface area contributed by atoms with Crippen LogP contribution >= 0.6 is 0 Å². The number of nitrogens with zero attached hydrogens (tertiary/aromatic N) is 2. The first kappa shape index (κ1) is 21.6. The van der Waals surface area contributed by atoms with E-state index in [-0.39, 0.29) is 28.9 Å². The van der Waals surface area contributed by atoms with Crippen LogP contribution in [0.5, 0.6) is 5.75 Å². The van der Waals surface area contributed by atoms with Crippen molar-refractivity contribution < 1.29 is 15.0 Å². The molecular formula is C22H29N3O3. The van der Waals surface area contributed by atoms with Crippen LogP contribution in [0.3, 0.4) is 0 Å². The van der Waals surface area contributed by atoms with Crippen molar-refractivity contribution in [1.82, 2.24) is 10.4 Å². The molecule has 1 heterocycles. The van der Waals surface area contributed by atoms with Crippen LogP contribution in [-0.4, -0.2) is 27.3 Å². The van der Waals surface area contributed by atoms with Gasteiger partial charge < -0.3 is 10.2 Å². The fraction of sp³-hybridized carbons (Fsp3) is 0.409. The number of carbonyl (C=O) groups excluding carboxylic acids is 1. The predicted octanol–water partition coefficient (Wildman–Crippen LogP) is 3.64. The molecule has 0 aliphatic heterocycles. The number of aromatic hydroxyl groups is 1. The molecule has 0 aliphatic rings. The molecule has 0 spiro atoms. The molecule has 28 heavy (non-hydrogen) atoms. The minimum atomic E-state index is -0.492. The van der Waals surface area contributed by atoms with E-state index in [1.54, 1.807) is 18.2 Å². The third kappa shape index (κ3) is 5.16. The normalized spacial score (nSPS) is 12.4. The van der Waals surface area contributed by atoms with E-state index in [9.17, 15) is 9.90 Å². The molecule has 0 aliphatic carbocycles. The van der Waals surface area contributed by atoms with Gasteiger partial charge in [-0.3, -0.25) is 4.79 Å². The first-order valence-electron chi connectivity index (χ1n) is 9.21. The van der Waals surface area contributed by atoms with E-state index in [4.69, 9.17) is 5.11 Å². The van der Waals surface area contributed by atoms with Gasteiger partial charge in [0, 0.05) is 11.1 Å². The van der Waals surface area contributed by atoms with Gasteiger partial charge >= 0.3 is 0 Å². The minimum Gasteiger partial charge on any atom is -0.507 e. The Balaban J connectivity index is 2.32. The van der Waals surface area contributed by atoms with Crippen LogP contribution in [0.15, 0.2) is 35.4 Å². The van der Waals surface area contributed by atoms with Crippen molar-refractivity contribution in [2.75, 3.05) is 0 Å². The lowest BCUT2D eigenvalue weighted by atomic mass is 9.79. The van der Waals surface area contributed by atoms with Gasteiger partial charge in [0.2, 0.25) is 0 Å². The maximum atomic E-state index is 12.2. The number of pyridine rings is 1. The maximum Gasteiger partial charge on any atom is 0.289 e. The molecule has 150 valence electrons. The van der Waals surface area contributed by atoms with E-state index in [0.717, 1.165) is 11.1 Å². The van der Waals surface area contributed by atoms with Gasteiger partial charge in [0.25, 0.3) is 5.91 Å². The van der Waals surface area contributed by atoms with Crippen LogP contribution in [-0.2, 0) is 17.4 Å². The number of rotatable bonds is 4. The van der Waals surface area contributed by atoms with Gasteiger partial charge in [-0.05, 0) is 34.6 Å². The number of aliphatic hydroxyl groups excluding tert-OH is 1. The molecule has 0 unspecified atom stereocenters. The van der Waals surface area contributed by atoms with Gasteiger partial charge in [-0.2, -0.15) is 5.10 Å². The van der Waals surface area contributed by atoms with E-state index in [0.29, 0.717) is 11.3 Å². The zero-order valence-electron chi connectivity index (χ0n) is 17.4. The van der Waals surface area contributed by atoms with Gasteiger partial charge in [-0.15, -0.1) is 0 Å². The van der Waals surface area contributed by atoms with Crippen LogP contribution in [0.2, 0.25) is 0 Å². The van der Waals surface area contributed by atoms with Crippen LogP contribution in [0, 0.1) is 0 Å². The number of benzene rings is 1. The molecule has 6 nitrogen and oxygen atoms in total. The summed E-state index contributed by atoms with van der Waals surface area (Å²) in [6.07, 6.45) is 1.44. The van der Waals surface area contributed by atoms with E-state index >= 15 is 0 Å². The van der Waals surface area contributed by atoms with Crippen molar-refractivity contribution in [1.29, 1.82) is 0 Å². The molecule has 1 amide bonds. The summed E-state index contributed by atoms with van der Waals surface area (Å²) >= 11 is 0. The summed E-state index contributed by atoms with van der Waals surface area (Å²) in [7, 11) is 0. The number of hydrazone groups is 1. The second kappa shape index (κ2) is 8.10. The standard InChI is InChI=1S/C22H29N3O3/c1-21(2,3)15-10-14(19(27)17(11-15)22(4,5)6)12-23-25-20(28)18-9-7-8-16(13-26)24-18/h7-12,26-27H,13H2,1-6H3,(H,25,28)/b23-12+. The number of phenolic OH excluding ortho intramolecular Hbond substituents is 1. The molecule has 0 radical (unpaired) electrons. The highest BCUT2D eigenvalue weighted by Gasteiger charge is 2.24. The monoisotopic (exact) mass is 383 g/mol. The number of nitrogens with one attached hydrogen (secondary N) is 1. The van der Waals surface area contributed by atoms with Gasteiger partial charge in [0.15, 0.2) is 0 Å². The Morgan fingerprint density at radius 1 is 1.14 bits per heavy atom. The molecule has 2 aromatic rings. The SMILES string of the molecule is CC(C)(C)c1cc(/C=N/NC(=O)c2cccc(CO)n2)c(O)c(C(C)(C)C)c1. The highest BCUT2D eigenvalue weighted by molar-refractivity contribution is 5.93. The first-order chi connectivity index (χ1) is 12.9. The Labute approximate surface area is 166 Å². The van der Waals surface area contributed by atoms with Crippen molar-refractivity contribution in [3.8, 4) is 5.75 Å². The van der Waals surface area contributed by atoms with Gasteiger partial charge in [-0.25, -0.2) is 10.4 Å². The maximum absolute atomic E-state index is 12.2. The molecule has 0 bridgehead atoms. The lowest BCUT2D eigenvalue weighted by Gasteiger charge is -2.26. The molecular weight excluding hydrogens is 354 g/mol. The quantitative estimate of drug-likeness (QED) is 0.555. The van der Waals surface area contributed by atoms with E-state index in [1.807, 2.05) is 32.9 Å². The van der Waals surface area contributed by atoms with E-state index < -0.39 is 5.91 Å². The smallest absolute Gasteiger partial charge is 0.289 e. The number of aromatic nitrogens is 1. The Kier molecular flexibility index (Phi) is 6.24. The summed E-state index contributed by atoms with van der Waals surface area (Å²) in [6.45, 7) is 12.2. The second-order valence-electron chi connectivity index (χ2n) is 8.83. The Bertz CT molecular complexity index is 891. The lowest BCUT2D eigenvalue weighted by molar-refractivity contribution is 0.0949. The van der Waals surface area contributed by atoms with E-state index in [1.165, 1.54) is 6.21 Å². The zero-order valence-corrected chi connectivity index (χ0v) is 17.4. The molecule has 2 rings (SSSR count). The van der Waals surface area contributed by atoms with Crippen molar-refractivity contribution in [3.05, 3.63) is 58.4 Å². The van der Waals surface area contributed by atoms with Gasteiger partial charge in [0.05, 0.1) is 18.5 Å². The number of amides is 1. The van der Waals surface area contributed by atoms with Crippen molar-refractivity contribution >= 4 is 12.1 Å². The van der Waals surface area contributed by atoms with Crippen LogP contribution < -0.4 is 5.43 Å². The van der Waals surface area contributed by atoms with Gasteiger partial charge in [-0.1, -0.05) is 53.7 Å². The number of aliphatic hydroxyl groups is 1.